The van der Waals surface area contributed by atoms with Gasteiger partial charge in [-0.15, -0.1) is 4.40 Å². The second kappa shape index (κ2) is 6.95. The zero-order valence-electron chi connectivity index (χ0n) is 10.2. The van der Waals surface area contributed by atoms with Crippen molar-refractivity contribution in [3.8, 4) is 0 Å². The summed E-state index contributed by atoms with van der Waals surface area (Å²) < 4.78 is 31.5. The number of carbonyl (C=O) groups excluding carboxylic acids is 1. The van der Waals surface area contributed by atoms with Crippen molar-refractivity contribution in [2.75, 3.05) is 26.3 Å². The van der Waals surface area contributed by atoms with Gasteiger partial charge >= 0.3 is 10.2 Å². The highest BCUT2D eigenvalue weighted by atomic mass is 35.6. The number of nitrogens with one attached hydrogen (secondary N) is 1. The first kappa shape index (κ1) is 17.5. The standard InChI is InChI=1S/C9H12Cl3N3O4S/c1-2-7(16)13-20(17,18)14-8(9(10,11)12)15-3-5-19-6-4-15/h2H,1,3-6H2,(H,13,16)/b14-8-. The normalized spacial score (nSPS) is 17.8. The van der Waals surface area contributed by atoms with Gasteiger partial charge in [0.25, 0.3) is 5.91 Å². The molecular formula is C9H12Cl3N3O4S. The highest BCUT2D eigenvalue weighted by Crippen LogP contribution is 2.30. The van der Waals surface area contributed by atoms with E-state index < -0.39 is 19.9 Å². The van der Waals surface area contributed by atoms with Crippen LogP contribution < -0.4 is 4.72 Å². The number of morpholine rings is 1. The molecule has 0 radical (unpaired) electrons. The lowest BCUT2D eigenvalue weighted by atomic mass is 10.4. The number of nitrogens with zero attached hydrogens (tertiary/aromatic N) is 2. The molecular weight excluding hydrogens is 353 g/mol. The van der Waals surface area contributed by atoms with Crippen molar-refractivity contribution < 1.29 is 17.9 Å². The second-order valence-electron chi connectivity index (χ2n) is 3.66. The van der Waals surface area contributed by atoms with Crippen LogP contribution >= 0.6 is 34.8 Å². The van der Waals surface area contributed by atoms with Crippen LogP contribution in [0.2, 0.25) is 0 Å². The first-order chi connectivity index (χ1) is 9.15. The Kier molecular flexibility index (Phi) is 6.08. The Bertz CT molecular complexity index is 509. The van der Waals surface area contributed by atoms with E-state index in [1.165, 1.54) is 4.90 Å². The van der Waals surface area contributed by atoms with E-state index in [-0.39, 0.29) is 5.84 Å². The minimum atomic E-state index is -4.34. The van der Waals surface area contributed by atoms with E-state index in [0.717, 1.165) is 6.08 Å². The number of hydrogen-bond donors (Lipinski definition) is 1. The third-order valence-corrected chi connectivity index (χ3v) is 3.57. The summed E-state index contributed by atoms with van der Waals surface area (Å²) in [4.78, 5) is 12.5. The maximum Gasteiger partial charge on any atom is 0.346 e. The molecule has 0 spiro atoms. The maximum absolute atomic E-state index is 11.7. The van der Waals surface area contributed by atoms with Crippen molar-refractivity contribution in [2.45, 2.75) is 3.79 Å². The van der Waals surface area contributed by atoms with Crippen LogP contribution in [0.4, 0.5) is 0 Å². The topological polar surface area (TPSA) is 88.1 Å². The summed E-state index contributed by atoms with van der Waals surface area (Å²) in [6.45, 7) is 4.46. The van der Waals surface area contributed by atoms with Crippen molar-refractivity contribution in [3.63, 3.8) is 0 Å². The molecule has 114 valence electrons. The predicted molar refractivity (Wildman–Crippen MR) is 77.4 cm³/mol. The summed E-state index contributed by atoms with van der Waals surface area (Å²) >= 11 is 17.2. The summed E-state index contributed by atoms with van der Waals surface area (Å²) in [6, 6.07) is 0. The Morgan fingerprint density at radius 2 is 1.90 bits per heavy atom. The molecule has 0 atom stereocenters. The van der Waals surface area contributed by atoms with Crippen molar-refractivity contribution in [2.24, 2.45) is 4.40 Å². The van der Waals surface area contributed by atoms with E-state index in [4.69, 9.17) is 39.5 Å². The molecule has 1 aliphatic heterocycles. The minimum Gasteiger partial charge on any atom is -0.378 e. The molecule has 11 heteroatoms. The van der Waals surface area contributed by atoms with E-state index in [2.05, 4.69) is 11.0 Å². The molecule has 1 saturated heterocycles. The average Bonchev–Trinajstić information content (AvgIpc) is 2.35. The molecule has 1 amide bonds. The highest BCUT2D eigenvalue weighted by molar-refractivity contribution is 7.88. The largest absolute Gasteiger partial charge is 0.378 e. The van der Waals surface area contributed by atoms with Gasteiger partial charge in [-0.05, 0) is 6.08 Å². The highest BCUT2D eigenvalue weighted by Gasteiger charge is 2.35. The fourth-order valence-corrected chi connectivity index (χ4v) is 2.87. The van der Waals surface area contributed by atoms with Crippen LogP contribution in [-0.4, -0.2) is 55.2 Å². The van der Waals surface area contributed by atoms with Crippen molar-refractivity contribution in [3.05, 3.63) is 12.7 Å². The number of hydrogen-bond acceptors (Lipinski definition) is 4. The lowest BCUT2D eigenvalue weighted by Crippen LogP contribution is -2.47. The Morgan fingerprint density at radius 3 is 2.35 bits per heavy atom. The van der Waals surface area contributed by atoms with E-state index in [1.807, 2.05) is 0 Å². The van der Waals surface area contributed by atoms with Crippen molar-refractivity contribution >= 4 is 56.8 Å². The molecule has 1 aliphatic rings. The second-order valence-corrected chi connectivity index (χ2v) is 7.28. The van der Waals surface area contributed by atoms with Crippen LogP contribution in [0.25, 0.3) is 0 Å². The molecule has 0 aromatic rings. The zero-order chi connectivity index (χ0) is 15.4. The Hall–Kier alpha value is -0.540. The van der Waals surface area contributed by atoms with Gasteiger partial charge in [0.1, 0.15) is 0 Å². The predicted octanol–water partition coefficient (Wildman–Crippen LogP) is 0.634. The molecule has 20 heavy (non-hydrogen) atoms. The van der Waals surface area contributed by atoms with Gasteiger partial charge in [0.15, 0.2) is 5.84 Å². The fraction of sp³-hybridized carbons (Fsp3) is 0.556. The summed E-state index contributed by atoms with van der Waals surface area (Å²) in [6.07, 6.45) is 0.789. The van der Waals surface area contributed by atoms with Gasteiger partial charge in [0, 0.05) is 13.1 Å². The minimum absolute atomic E-state index is 0.296. The number of carbonyl (C=O) groups is 1. The van der Waals surface area contributed by atoms with Gasteiger partial charge in [-0.3, -0.25) is 4.79 Å². The van der Waals surface area contributed by atoms with Crippen LogP contribution in [0.3, 0.4) is 0 Å². The first-order valence-electron chi connectivity index (χ1n) is 5.35. The summed E-state index contributed by atoms with van der Waals surface area (Å²) in [5, 5.41) is 0. The van der Waals surface area contributed by atoms with Crippen molar-refractivity contribution in [1.29, 1.82) is 0 Å². The van der Waals surface area contributed by atoms with Crippen LogP contribution in [0.15, 0.2) is 17.1 Å². The van der Waals surface area contributed by atoms with Gasteiger partial charge in [-0.25, -0.2) is 4.72 Å². The van der Waals surface area contributed by atoms with Gasteiger partial charge in [0.2, 0.25) is 3.79 Å². The quantitative estimate of drug-likeness (QED) is 0.343. The lowest BCUT2D eigenvalue weighted by molar-refractivity contribution is -0.114. The molecule has 0 saturated carbocycles. The van der Waals surface area contributed by atoms with Gasteiger partial charge in [-0.1, -0.05) is 41.4 Å². The number of alkyl halides is 3. The van der Waals surface area contributed by atoms with E-state index in [1.54, 1.807) is 4.72 Å². The van der Waals surface area contributed by atoms with E-state index >= 15 is 0 Å². The number of halogens is 3. The monoisotopic (exact) mass is 363 g/mol. The molecule has 1 fully saturated rings. The Morgan fingerprint density at radius 1 is 1.35 bits per heavy atom. The van der Waals surface area contributed by atoms with Crippen LogP contribution in [0.5, 0.6) is 0 Å². The smallest absolute Gasteiger partial charge is 0.346 e. The van der Waals surface area contributed by atoms with Gasteiger partial charge in [-0.2, -0.15) is 8.42 Å². The van der Waals surface area contributed by atoms with Crippen molar-refractivity contribution in [1.82, 2.24) is 9.62 Å². The third kappa shape index (κ3) is 5.45. The maximum atomic E-state index is 11.7. The molecule has 0 bridgehead atoms. The average molecular weight is 365 g/mol. The van der Waals surface area contributed by atoms with Crippen LogP contribution in [-0.2, 0) is 19.7 Å². The summed E-state index contributed by atoms with van der Waals surface area (Å²) in [5.41, 5.74) is 0. The van der Waals surface area contributed by atoms with E-state index in [0.29, 0.717) is 26.3 Å². The number of amidine groups is 1. The molecule has 7 nitrogen and oxygen atoms in total. The molecule has 1 N–H and O–H groups in total. The lowest BCUT2D eigenvalue weighted by Gasteiger charge is -2.32. The molecule has 1 heterocycles. The number of rotatable bonds is 3. The van der Waals surface area contributed by atoms with E-state index in [9.17, 15) is 13.2 Å². The Labute approximate surface area is 131 Å². The van der Waals surface area contributed by atoms with Gasteiger partial charge < -0.3 is 9.64 Å². The fourth-order valence-electron chi connectivity index (χ4n) is 1.37. The first-order valence-corrected chi connectivity index (χ1v) is 7.92. The zero-order valence-corrected chi connectivity index (χ0v) is 13.3. The third-order valence-electron chi connectivity index (χ3n) is 2.19. The van der Waals surface area contributed by atoms with Crippen LogP contribution in [0, 0.1) is 0 Å². The summed E-state index contributed by atoms with van der Waals surface area (Å²) in [5.74, 6) is -1.23. The molecule has 0 aromatic carbocycles. The SMILES string of the molecule is C=CC(=O)NS(=O)(=O)/N=C(\N1CCOCC1)C(Cl)(Cl)Cl. The molecule has 1 rings (SSSR count). The molecule has 0 aliphatic carbocycles. The summed E-state index contributed by atoms with van der Waals surface area (Å²) in [7, 11) is -4.34. The molecule has 0 aromatic heterocycles. The van der Waals surface area contributed by atoms with Crippen LogP contribution in [0.1, 0.15) is 0 Å². The molecule has 0 unspecified atom stereocenters. The Balaban J connectivity index is 3.06. The number of amides is 1. The number of ether oxygens (including phenoxy) is 1. The van der Waals surface area contributed by atoms with Gasteiger partial charge in [0.05, 0.1) is 13.2 Å².